The fraction of sp³-hybridized carbons (Fsp3) is 0.929. The standard InChI is InChI=1S/C14H27NO4/c1-5-10(2)12(13(16)17)15-7-6-11-18-8-14(3,4)9-19-11/h10-12,15H,5-9H2,1-4H3,(H,16,17). The Hall–Kier alpha value is -0.650. The van der Waals surface area contributed by atoms with Crippen LogP contribution in [0.5, 0.6) is 0 Å². The van der Waals surface area contributed by atoms with Crippen LogP contribution >= 0.6 is 0 Å². The van der Waals surface area contributed by atoms with Gasteiger partial charge in [-0.3, -0.25) is 4.79 Å². The first-order chi connectivity index (χ1) is 8.85. The van der Waals surface area contributed by atoms with Gasteiger partial charge < -0.3 is 19.9 Å². The smallest absolute Gasteiger partial charge is 0.320 e. The predicted molar refractivity (Wildman–Crippen MR) is 73.0 cm³/mol. The molecular formula is C14H27NO4. The first-order valence-electron chi connectivity index (χ1n) is 7.05. The summed E-state index contributed by atoms with van der Waals surface area (Å²) >= 11 is 0. The number of carboxylic acids is 1. The lowest BCUT2D eigenvalue weighted by molar-refractivity contribution is -0.223. The maximum Gasteiger partial charge on any atom is 0.320 e. The van der Waals surface area contributed by atoms with E-state index < -0.39 is 12.0 Å². The van der Waals surface area contributed by atoms with Gasteiger partial charge in [0.1, 0.15) is 6.04 Å². The molecule has 2 unspecified atom stereocenters. The second-order valence-electron chi connectivity index (χ2n) is 6.16. The lowest BCUT2D eigenvalue weighted by Gasteiger charge is -2.34. The summed E-state index contributed by atoms with van der Waals surface area (Å²) in [5.41, 5.74) is 0.0737. The molecule has 0 saturated carbocycles. The Morgan fingerprint density at radius 2 is 2.00 bits per heavy atom. The largest absolute Gasteiger partial charge is 0.480 e. The molecule has 2 N–H and O–H groups in total. The van der Waals surface area contributed by atoms with Crippen molar-refractivity contribution in [3.8, 4) is 0 Å². The van der Waals surface area contributed by atoms with Gasteiger partial charge in [-0.1, -0.05) is 34.1 Å². The van der Waals surface area contributed by atoms with Crippen LogP contribution in [-0.4, -0.2) is 43.2 Å². The molecule has 112 valence electrons. The first kappa shape index (κ1) is 16.4. The van der Waals surface area contributed by atoms with Gasteiger partial charge in [0, 0.05) is 18.4 Å². The average molecular weight is 273 g/mol. The van der Waals surface area contributed by atoms with Gasteiger partial charge in [-0.25, -0.2) is 0 Å². The van der Waals surface area contributed by atoms with E-state index in [4.69, 9.17) is 14.6 Å². The van der Waals surface area contributed by atoms with Crippen molar-refractivity contribution < 1.29 is 19.4 Å². The van der Waals surface area contributed by atoms with Crippen LogP contribution in [0.3, 0.4) is 0 Å². The molecule has 2 atom stereocenters. The summed E-state index contributed by atoms with van der Waals surface area (Å²) in [4.78, 5) is 11.1. The third-order valence-electron chi connectivity index (χ3n) is 3.54. The van der Waals surface area contributed by atoms with Crippen LogP contribution in [0.25, 0.3) is 0 Å². The second kappa shape index (κ2) is 7.22. The number of hydrogen-bond acceptors (Lipinski definition) is 4. The second-order valence-corrected chi connectivity index (χ2v) is 6.16. The molecule has 0 radical (unpaired) electrons. The summed E-state index contributed by atoms with van der Waals surface area (Å²) in [7, 11) is 0. The summed E-state index contributed by atoms with van der Waals surface area (Å²) < 4.78 is 11.2. The van der Waals surface area contributed by atoms with Crippen LogP contribution in [0.15, 0.2) is 0 Å². The number of ether oxygens (including phenoxy) is 2. The third-order valence-corrected chi connectivity index (χ3v) is 3.54. The van der Waals surface area contributed by atoms with Gasteiger partial charge in [0.25, 0.3) is 0 Å². The molecule has 1 rings (SSSR count). The van der Waals surface area contributed by atoms with Crippen molar-refractivity contribution in [3.05, 3.63) is 0 Å². The molecule has 0 bridgehead atoms. The highest BCUT2D eigenvalue weighted by molar-refractivity contribution is 5.73. The van der Waals surface area contributed by atoms with Gasteiger partial charge in [0.05, 0.1) is 13.2 Å². The number of aliphatic carboxylic acids is 1. The van der Waals surface area contributed by atoms with Gasteiger partial charge in [0.15, 0.2) is 6.29 Å². The SMILES string of the molecule is CCC(C)C(NCCC1OCC(C)(C)CO1)C(=O)O. The van der Waals surface area contributed by atoms with Crippen LogP contribution < -0.4 is 5.32 Å². The molecule has 0 spiro atoms. The first-order valence-corrected chi connectivity index (χ1v) is 7.05. The van der Waals surface area contributed by atoms with Crippen molar-refractivity contribution in [2.75, 3.05) is 19.8 Å². The molecule has 1 aliphatic rings. The molecule has 0 aliphatic carbocycles. The van der Waals surface area contributed by atoms with E-state index in [9.17, 15) is 4.79 Å². The lowest BCUT2D eigenvalue weighted by atomic mass is 9.95. The topological polar surface area (TPSA) is 67.8 Å². The molecule has 0 aromatic carbocycles. The Labute approximate surface area is 115 Å². The van der Waals surface area contributed by atoms with Crippen molar-refractivity contribution in [2.24, 2.45) is 11.3 Å². The van der Waals surface area contributed by atoms with Crippen LogP contribution in [-0.2, 0) is 14.3 Å². The highest BCUT2D eigenvalue weighted by Gasteiger charge is 2.28. The fourth-order valence-electron chi connectivity index (χ4n) is 2.02. The van der Waals surface area contributed by atoms with Crippen molar-refractivity contribution in [2.45, 2.75) is 52.9 Å². The van der Waals surface area contributed by atoms with E-state index in [1.54, 1.807) is 0 Å². The molecule has 5 heteroatoms. The number of carboxylic acid groups (broad SMARTS) is 1. The van der Waals surface area contributed by atoms with E-state index in [-0.39, 0.29) is 17.6 Å². The van der Waals surface area contributed by atoms with Crippen molar-refractivity contribution in [1.29, 1.82) is 0 Å². The Balaban J connectivity index is 2.27. The molecule has 0 amide bonds. The number of hydrogen-bond donors (Lipinski definition) is 2. The van der Waals surface area contributed by atoms with E-state index in [1.807, 2.05) is 13.8 Å². The highest BCUT2D eigenvalue weighted by Crippen LogP contribution is 2.23. The maximum absolute atomic E-state index is 11.1. The Morgan fingerprint density at radius 1 is 1.42 bits per heavy atom. The Kier molecular flexibility index (Phi) is 6.23. The zero-order chi connectivity index (χ0) is 14.5. The molecule has 5 nitrogen and oxygen atoms in total. The summed E-state index contributed by atoms with van der Waals surface area (Å²) in [5.74, 6) is -0.675. The summed E-state index contributed by atoms with van der Waals surface area (Å²) in [6.07, 6.45) is 1.30. The van der Waals surface area contributed by atoms with E-state index >= 15 is 0 Å². The van der Waals surface area contributed by atoms with Crippen LogP contribution in [0.4, 0.5) is 0 Å². The maximum atomic E-state index is 11.1. The average Bonchev–Trinajstić information content (AvgIpc) is 2.35. The Morgan fingerprint density at radius 3 is 2.47 bits per heavy atom. The summed E-state index contributed by atoms with van der Waals surface area (Å²) in [5, 5.41) is 12.2. The number of carbonyl (C=O) groups is 1. The van der Waals surface area contributed by atoms with Crippen molar-refractivity contribution in [1.82, 2.24) is 5.32 Å². The lowest BCUT2D eigenvalue weighted by Crippen LogP contribution is -2.44. The summed E-state index contributed by atoms with van der Waals surface area (Å²) in [6.45, 7) is 10.1. The van der Waals surface area contributed by atoms with E-state index in [1.165, 1.54) is 0 Å². The van der Waals surface area contributed by atoms with E-state index in [0.717, 1.165) is 6.42 Å². The molecule has 1 aliphatic heterocycles. The van der Waals surface area contributed by atoms with Crippen LogP contribution in [0.1, 0.15) is 40.5 Å². The van der Waals surface area contributed by atoms with Crippen LogP contribution in [0, 0.1) is 11.3 Å². The van der Waals surface area contributed by atoms with Crippen molar-refractivity contribution in [3.63, 3.8) is 0 Å². The van der Waals surface area contributed by atoms with Gasteiger partial charge >= 0.3 is 5.97 Å². The monoisotopic (exact) mass is 273 g/mol. The zero-order valence-corrected chi connectivity index (χ0v) is 12.4. The quantitative estimate of drug-likeness (QED) is 0.741. The predicted octanol–water partition coefficient (Wildman–Crippen LogP) is 1.86. The highest BCUT2D eigenvalue weighted by atomic mass is 16.7. The minimum absolute atomic E-state index is 0.0737. The van der Waals surface area contributed by atoms with E-state index in [0.29, 0.717) is 26.2 Å². The Bertz CT molecular complexity index is 283. The van der Waals surface area contributed by atoms with Gasteiger partial charge in [0.2, 0.25) is 0 Å². The third kappa shape index (κ3) is 5.47. The molecule has 1 heterocycles. The molecule has 0 aromatic heterocycles. The molecule has 19 heavy (non-hydrogen) atoms. The number of rotatable bonds is 7. The zero-order valence-electron chi connectivity index (χ0n) is 12.4. The molecular weight excluding hydrogens is 246 g/mol. The molecule has 0 aromatic rings. The molecule has 1 fully saturated rings. The number of nitrogens with one attached hydrogen (secondary N) is 1. The van der Waals surface area contributed by atoms with Crippen LogP contribution in [0.2, 0.25) is 0 Å². The van der Waals surface area contributed by atoms with Crippen molar-refractivity contribution >= 4 is 5.97 Å². The minimum Gasteiger partial charge on any atom is -0.480 e. The van der Waals surface area contributed by atoms with Gasteiger partial charge in [-0.2, -0.15) is 0 Å². The molecule has 1 saturated heterocycles. The minimum atomic E-state index is -0.791. The van der Waals surface area contributed by atoms with Gasteiger partial charge in [-0.15, -0.1) is 0 Å². The fourth-order valence-corrected chi connectivity index (χ4v) is 2.02. The van der Waals surface area contributed by atoms with E-state index in [2.05, 4.69) is 19.2 Å². The normalized spacial score (nSPS) is 22.9. The van der Waals surface area contributed by atoms with Gasteiger partial charge in [-0.05, 0) is 5.92 Å². The summed E-state index contributed by atoms with van der Waals surface area (Å²) in [6, 6.07) is -0.495.